The number of hydrogen-bond donors (Lipinski definition) is 7. The van der Waals surface area contributed by atoms with Crippen LogP contribution in [-0.4, -0.2) is 97.9 Å². The number of aliphatic hydroxyl groups is 1. The molecule has 14 nitrogen and oxygen atoms in total. The largest absolute Gasteiger partial charge is 0.395 e. The van der Waals surface area contributed by atoms with E-state index in [2.05, 4.69) is 56.1 Å². The van der Waals surface area contributed by atoms with Gasteiger partial charge in [-0.05, 0) is 193 Å². The molecule has 1 fully saturated rings. The van der Waals surface area contributed by atoms with Crippen LogP contribution in [0.4, 0.5) is 5.69 Å². The third kappa shape index (κ3) is 11.8. The van der Waals surface area contributed by atoms with Crippen LogP contribution in [0.1, 0.15) is 86.0 Å². The summed E-state index contributed by atoms with van der Waals surface area (Å²) in [5, 5.41) is 23.0. The van der Waals surface area contributed by atoms with Gasteiger partial charge in [-0.1, -0.05) is 6.92 Å². The highest BCUT2D eigenvalue weighted by Crippen LogP contribution is 2.36. The maximum absolute atomic E-state index is 14.2. The highest BCUT2D eigenvalue weighted by molar-refractivity contribution is 14.1. The standard InChI is InChI=1S/C34H41I6N7O7/c1-15-7-11-47(12-8-15)34(54)17(6-4-5-9-41)45-33(53)22-26(38)21(31(51)43-10-13-48)27(39)29(28(22)40)46-18(49)14-44-32(52)20-24(36)16(2)23(35)19(25(20)37)30(50)42-3/h15,17,48H,4-14,41H2,1-3H3,(H,42,50)(H,43,51)(H,44,52)(H,45,53)(H,46,49). The zero-order chi connectivity index (χ0) is 40.4. The Morgan fingerprint density at radius 1 is 0.778 bits per heavy atom. The van der Waals surface area contributed by atoms with E-state index in [-0.39, 0.29) is 47.3 Å². The monoisotopic (exact) mass is 1420 g/mol. The van der Waals surface area contributed by atoms with Gasteiger partial charge in [-0.25, -0.2) is 0 Å². The number of nitrogens with zero attached hydrogens (tertiary/aromatic N) is 1. The molecule has 3 rings (SSSR count). The molecule has 1 aliphatic heterocycles. The number of piperidine rings is 1. The molecule has 8 N–H and O–H groups in total. The number of rotatable bonds is 15. The lowest BCUT2D eigenvalue weighted by Gasteiger charge is -2.33. The number of carbonyl (C=O) groups is 6. The second-order valence-electron chi connectivity index (χ2n) is 12.5. The van der Waals surface area contributed by atoms with Gasteiger partial charge in [0, 0.05) is 41.0 Å². The second-order valence-corrected chi connectivity index (χ2v) is 19.0. The van der Waals surface area contributed by atoms with Gasteiger partial charge in [-0.15, -0.1) is 0 Å². The predicted octanol–water partition coefficient (Wildman–Crippen LogP) is 4.56. The molecule has 0 aromatic heterocycles. The lowest BCUT2D eigenvalue weighted by Crippen LogP contribution is -2.51. The van der Waals surface area contributed by atoms with E-state index in [4.69, 9.17) is 5.73 Å². The lowest BCUT2D eigenvalue weighted by molar-refractivity contribution is -0.134. The molecule has 0 bridgehead atoms. The Hall–Kier alpha value is -0.440. The number of aliphatic hydroxyl groups excluding tert-OH is 1. The summed E-state index contributed by atoms with van der Waals surface area (Å²) in [7, 11) is 1.51. The summed E-state index contributed by atoms with van der Waals surface area (Å²) in [6, 6.07) is -0.831. The van der Waals surface area contributed by atoms with Gasteiger partial charge in [0.2, 0.25) is 11.8 Å². The molecule has 54 heavy (non-hydrogen) atoms. The number of anilines is 1. The molecular weight excluding hydrogens is 1380 g/mol. The van der Waals surface area contributed by atoms with Gasteiger partial charge in [0.25, 0.3) is 23.6 Å². The first kappa shape index (κ1) is 47.9. The topological polar surface area (TPSA) is 212 Å². The Bertz CT molecular complexity index is 1810. The molecule has 296 valence electrons. The van der Waals surface area contributed by atoms with Gasteiger partial charge in [-0.3, -0.25) is 28.8 Å². The van der Waals surface area contributed by atoms with Crippen molar-refractivity contribution in [1.82, 2.24) is 26.2 Å². The van der Waals surface area contributed by atoms with Gasteiger partial charge in [-0.2, -0.15) is 0 Å². The van der Waals surface area contributed by atoms with E-state index >= 15 is 0 Å². The molecule has 0 aliphatic carbocycles. The first-order chi connectivity index (χ1) is 25.5. The number of unbranched alkanes of at least 4 members (excludes halogenated alkanes) is 1. The van der Waals surface area contributed by atoms with Crippen molar-refractivity contribution in [3.05, 3.63) is 49.2 Å². The molecule has 1 heterocycles. The summed E-state index contributed by atoms with van der Waals surface area (Å²) in [5.74, 6) is -2.38. The molecule has 1 aliphatic rings. The van der Waals surface area contributed by atoms with Crippen molar-refractivity contribution in [3.63, 3.8) is 0 Å². The average molecular weight is 1420 g/mol. The fourth-order valence-electron chi connectivity index (χ4n) is 5.61. The first-order valence-electron chi connectivity index (χ1n) is 16.9. The predicted molar refractivity (Wildman–Crippen MR) is 257 cm³/mol. The zero-order valence-corrected chi connectivity index (χ0v) is 42.6. The quantitative estimate of drug-likeness (QED) is 0.0991. The molecule has 1 saturated heterocycles. The Labute approximate surface area is 396 Å². The van der Waals surface area contributed by atoms with Crippen LogP contribution in [0.15, 0.2) is 0 Å². The average Bonchev–Trinajstić information content (AvgIpc) is 3.13. The smallest absolute Gasteiger partial charge is 0.254 e. The molecule has 0 spiro atoms. The Morgan fingerprint density at radius 2 is 1.30 bits per heavy atom. The van der Waals surface area contributed by atoms with Crippen molar-refractivity contribution >= 4 is 177 Å². The summed E-state index contributed by atoms with van der Waals surface area (Å²) < 4.78 is 2.74. The Kier molecular flexibility index (Phi) is 20.1. The van der Waals surface area contributed by atoms with E-state index < -0.39 is 36.2 Å². The van der Waals surface area contributed by atoms with Crippen molar-refractivity contribution in [2.75, 3.05) is 51.7 Å². The molecule has 0 radical (unpaired) electrons. The summed E-state index contributed by atoms with van der Waals surface area (Å²) in [6.07, 6.45) is 3.41. The van der Waals surface area contributed by atoms with Crippen LogP contribution in [0.25, 0.3) is 0 Å². The minimum absolute atomic E-state index is 0.0460. The maximum Gasteiger partial charge on any atom is 0.254 e. The van der Waals surface area contributed by atoms with E-state index in [1.165, 1.54) is 7.05 Å². The summed E-state index contributed by atoms with van der Waals surface area (Å²) in [4.78, 5) is 82.9. The summed E-state index contributed by atoms with van der Waals surface area (Å²) >= 11 is 11.9. The van der Waals surface area contributed by atoms with Crippen molar-refractivity contribution in [3.8, 4) is 0 Å². The number of nitrogens with two attached hydrogens (primary N) is 1. The van der Waals surface area contributed by atoms with Crippen molar-refractivity contribution in [1.29, 1.82) is 0 Å². The van der Waals surface area contributed by atoms with Crippen molar-refractivity contribution in [2.45, 2.75) is 52.0 Å². The number of halogens is 6. The number of carbonyl (C=O) groups excluding carboxylic acids is 6. The van der Waals surface area contributed by atoms with E-state index in [1.54, 1.807) is 4.90 Å². The minimum atomic E-state index is -0.831. The molecular formula is C34H41I6N7O7. The van der Waals surface area contributed by atoms with E-state index in [1.807, 2.05) is 120 Å². The first-order valence-corrected chi connectivity index (χ1v) is 23.4. The van der Waals surface area contributed by atoms with Crippen LogP contribution >= 0.6 is 136 Å². The summed E-state index contributed by atoms with van der Waals surface area (Å²) in [5.41, 5.74) is 7.47. The fraction of sp³-hybridized carbons (Fsp3) is 0.471. The molecule has 1 atom stereocenters. The number of benzene rings is 2. The normalized spacial score (nSPS) is 13.6. The highest BCUT2D eigenvalue weighted by atomic mass is 127. The third-order valence-corrected chi connectivity index (χ3v) is 15.7. The van der Waals surface area contributed by atoms with Crippen molar-refractivity contribution < 1.29 is 33.9 Å². The molecule has 2 aromatic carbocycles. The lowest BCUT2D eigenvalue weighted by atomic mass is 9.98. The van der Waals surface area contributed by atoms with Crippen LogP contribution in [0, 0.1) is 34.3 Å². The molecule has 20 heteroatoms. The number of nitrogens with one attached hydrogen (secondary N) is 5. The molecule has 0 saturated carbocycles. The van der Waals surface area contributed by atoms with Crippen LogP contribution in [0.2, 0.25) is 0 Å². The van der Waals surface area contributed by atoms with Crippen LogP contribution in [0.3, 0.4) is 0 Å². The van der Waals surface area contributed by atoms with Gasteiger partial charge >= 0.3 is 0 Å². The number of amides is 6. The van der Waals surface area contributed by atoms with Gasteiger partial charge < -0.3 is 42.3 Å². The van der Waals surface area contributed by atoms with Crippen molar-refractivity contribution in [2.24, 2.45) is 11.7 Å². The van der Waals surface area contributed by atoms with Crippen LogP contribution < -0.4 is 32.3 Å². The summed E-state index contributed by atoms with van der Waals surface area (Å²) in [6.45, 7) is 4.77. The van der Waals surface area contributed by atoms with Crippen LogP contribution in [0.5, 0.6) is 0 Å². The van der Waals surface area contributed by atoms with E-state index in [0.717, 1.165) is 18.4 Å². The van der Waals surface area contributed by atoms with E-state index in [9.17, 15) is 33.9 Å². The zero-order valence-electron chi connectivity index (χ0n) is 29.6. The third-order valence-electron chi connectivity index (χ3n) is 8.71. The van der Waals surface area contributed by atoms with Crippen LogP contribution in [-0.2, 0) is 9.59 Å². The van der Waals surface area contributed by atoms with E-state index in [0.29, 0.717) is 71.8 Å². The number of likely N-dealkylation sites (tertiary alicyclic amines) is 1. The number of hydrogen-bond acceptors (Lipinski definition) is 8. The molecule has 1 unspecified atom stereocenters. The molecule has 6 amide bonds. The minimum Gasteiger partial charge on any atom is -0.395 e. The van der Waals surface area contributed by atoms with Gasteiger partial charge in [0.05, 0.1) is 48.2 Å². The maximum atomic E-state index is 14.2. The second kappa shape index (κ2) is 22.6. The van der Waals surface area contributed by atoms with Gasteiger partial charge in [0.1, 0.15) is 6.04 Å². The highest BCUT2D eigenvalue weighted by Gasteiger charge is 2.33. The fourth-order valence-corrected chi connectivity index (χ4v) is 14.2. The van der Waals surface area contributed by atoms with Gasteiger partial charge in [0.15, 0.2) is 0 Å². The SMILES string of the molecule is CNC(=O)c1c(I)c(C)c(I)c(C(=O)NCC(=O)Nc2c(I)c(C(=O)NCCO)c(I)c(C(=O)NC(CCCCN)C(=O)N3CCC(C)CC3)c2I)c1I. The molecule has 2 aromatic rings. The Morgan fingerprint density at radius 3 is 1.83 bits per heavy atom. The Balaban J connectivity index is 1.99.